The molecule has 1 saturated heterocycles. The zero-order valence-electron chi connectivity index (χ0n) is 16.0. The van der Waals surface area contributed by atoms with Gasteiger partial charge in [0.15, 0.2) is 5.82 Å². The fraction of sp³-hybridized carbons (Fsp3) is 0.429. The molecule has 1 unspecified atom stereocenters. The van der Waals surface area contributed by atoms with Crippen LogP contribution in [0.15, 0.2) is 42.7 Å². The van der Waals surface area contributed by atoms with E-state index in [-0.39, 0.29) is 5.82 Å². The number of rotatable bonds is 5. The fourth-order valence-corrected chi connectivity index (χ4v) is 3.73. The van der Waals surface area contributed by atoms with Crippen LogP contribution < -0.4 is 0 Å². The van der Waals surface area contributed by atoms with E-state index in [1.54, 1.807) is 12.3 Å². The lowest BCUT2D eigenvalue weighted by molar-refractivity contribution is 0.112. The highest BCUT2D eigenvalue weighted by Crippen LogP contribution is 2.22. The van der Waals surface area contributed by atoms with Crippen molar-refractivity contribution in [2.75, 3.05) is 33.2 Å². The highest BCUT2D eigenvalue weighted by atomic mass is 19.1. The Morgan fingerprint density at radius 3 is 2.74 bits per heavy atom. The molecule has 3 heterocycles. The molecule has 0 aliphatic carbocycles. The van der Waals surface area contributed by atoms with Crippen molar-refractivity contribution in [1.29, 1.82) is 0 Å². The average molecular weight is 367 g/mol. The molecule has 0 saturated carbocycles. The number of halogens is 1. The van der Waals surface area contributed by atoms with Gasteiger partial charge < -0.3 is 9.47 Å². The lowest BCUT2D eigenvalue weighted by Gasteiger charge is -2.36. The van der Waals surface area contributed by atoms with Crippen molar-refractivity contribution in [1.82, 2.24) is 24.3 Å². The molecule has 1 aliphatic heterocycles. The smallest absolute Gasteiger partial charge is 0.158 e. The number of fused-ring (bicyclic) bond motifs is 1. The Hall–Kier alpha value is -2.31. The molecular weight excluding hydrogens is 341 g/mol. The highest BCUT2D eigenvalue weighted by Gasteiger charge is 2.19. The summed E-state index contributed by atoms with van der Waals surface area (Å²) in [5, 5.41) is 0.806. The number of hydrogen-bond acceptors (Lipinski definition) is 4. The minimum absolute atomic E-state index is 0.295. The summed E-state index contributed by atoms with van der Waals surface area (Å²) in [4.78, 5) is 13.9. The summed E-state index contributed by atoms with van der Waals surface area (Å²) in [7, 11) is 2.18. The summed E-state index contributed by atoms with van der Waals surface area (Å²) >= 11 is 0. The lowest BCUT2D eigenvalue weighted by atomic mass is 10.1. The first-order valence-corrected chi connectivity index (χ1v) is 9.61. The number of benzene rings is 1. The third-order valence-corrected chi connectivity index (χ3v) is 5.56. The van der Waals surface area contributed by atoms with Gasteiger partial charge in [0.2, 0.25) is 0 Å². The Kier molecular flexibility index (Phi) is 5.18. The van der Waals surface area contributed by atoms with E-state index in [4.69, 9.17) is 0 Å². The molecule has 5 nitrogen and oxygen atoms in total. The number of aromatic nitrogens is 3. The minimum atomic E-state index is -0.295. The molecule has 6 heteroatoms. The van der Waals surface area contributed by atoms with E-state index in [0.29, 0.717) is 17.3 Å². The third-order valence-electron chi connectivity index (χ3n) is 5.56. The second-order valence-electron chi connectivity index (χ2n) is 7.43. The number of hydrogen-bond donors (Lipinski definition) is 0. The van der Waals surface area contributed by atoms with Gasteiger partial charge in [0.1, 0.15) is 17.0 Å². The van der Waals surface area contributed by atoms with Crippen LogP contribution in [0.25, 0.3) is 22.4 Å². The van der Waals surface area contributed by atoms with Gasteiger partial charge in [-0.3, -0.25) is 4.90 Å². The predicted octanol–water partition coefficient (Wildman–Crippen LogP) is 3.26. The molecule has 0 N–H and O–H groups in total. The van der Waals surface area contributed by atoms with Crippen molar-refractivity contribution in [2.45, 2.75) is 25.9 Å². The molecule has 1 atom stereocenters. The van der Waals surface area contributed by atoms with Crippen molar-refractivity contribution in [3.05, 3.63) is 48.5 Å². The van der Waals surface area contributed by atoms with Crippen LogP contribution in [0.3, 0.4) is 0 Å². The number of nitrogens with zero attached hydrogens (tertiary/aromatic N) is 5. The fourth-order valence-electron chi connectivity index (χ4n) is 3.73. The van der Waals surface area contributed by atoms with Gasteiger partial charge in [-0.1, -0.05) is 18.2 Å². The largest absolute Gasteiger partial charge is 0.330 e. The SMILES string of the molecule is CC(CCn1ccnc1-c1ccc2cccc(F)c2n1)N1CCN(C)CC1. The number of pyridine rings is 1. The average Bonchev–Trinajstić information content (AvgIpc) is 3.15. The van der Waals surface area contributed by atoms with Gasteiger partial charge in [-0.25, -0.2) is 14.4 Å². The quantitative estimate of drug-likeness (QED) is 0.694. The van der Waals surface area contributed by atoms with E-state index in [1.807, 2.05) is 24.4 Å². The summed E-state index contributed by atoms with van der Waals surface area (Å²) in [6, 6.07) is 9.38. The molecule has 3 aromatic rings. The summed E-state index contributed by atoms with van der Waals surface area (Å²) in [5.41, 5.74) is 1.11. The van der Waals surface area contributed by atoms with E-state index >= 15 is 0 Å². The van der Waals surface area contributed by atoms with Gasteiger partial charge in [-0.2, -0.15) is 0 Å². The van der Waals surface area contributed by atoms with Gasteiger partial charge in [0, 0.05) is 56.5 Å². The number of piperazine rings is 1. The van der Waals surface area contributed by atoms with Crippen molar-refractivity contribution in [3.8, 4) is 11.5 Å². The number of imidazole rings is 1. The van der Waals surface area contributed by atoms with Gasteiger partial charge in [-0.15, -0.1) is 0 Å². The Morgan fingerprint density at radius 2 is 1.93 bits per heavy atom. The molecule has 2 aromatic heterocycles. The monoisotopic (exact) mass is 367 g/mol. The van der Waals surface area contributed by atoms with Crippen LogP contribution >= 0.6 is 0 Å². The van der Waals surface area contributed by atoms with Crippen LogP contribution in [0.2, 0.25) is 0 Å². The second-order valence-corrected chi connectivity index (χ2v) is 7.43. The predicted molar refractivity (Wildman–Crippen MR) is 106 cm³/mol. The topological polar surface area (TPSA) is 37.2 Å². The number of likely N-dealkylation sites (N-methyl/N-ethyl adjacent to an activating group) is 1. The molecule has 27 heavy (non-hydrogen) atoms. The molecule has 1 fully saturated rings. The van der Waals surface area contributed by atoms with E-state index in [2.05, 4.69) is 38.3 Å². The van der Waals surface area contributed by atoms with Crippen LogP contribution in [0.5, 0.6) is 0 Å². The minimum Gasteiger partial charge on any atom is -0.330 e. The van der Waals surface area contributed by atoms with Gasteiger partial charge in [0.25, 0.3) is 0 Å². The summed E-state index contributed by atoms with van der Waals surface area (Å²) in [6.07, 6.45) is 4.83. The first-order valence-electron chi connectivity index (χ1n) is 9.61. The number of aryl methyl sites for hydroxylation is 1. The van der Waals surface area contributed by atoms with Crippen LogP contribution in [0.1, 0.15) is 13.3 Å². The Labute approximate surface area is 159 Å². The standard InChI is InChI=1S/C21H26FN5/c1-16(26-14-12-25(2)13-15-26)8-10-27-11-9-23-21(27)19-7-6-17-4-3-5-18(22)20(17)24-19/h3-7,9,11,16H,8,10,12-15H2,1-2H3. The van der Waals surface area contributed by atoms with E-state index in [9.17, 15) is 4.39 Å². The summed E-state index contributed by atoms with van der Waals surface area (Å²) in [6.45, 7) is 7.69. The molecule has 0 radical (unpaired) electrons. The first-order chi connectivity index (χ1) is 13.1. The zero-order chi connectivity index (χ0) is 18.8. The maximum Gasteiger partial charge on any atom is 0.158 e. The molecular formula is C21H26FN5. The number of para-hydroxylation sites is 1. The highest BCUT2D eigenvalue weighted by molar-refractivity contribution is 5.81. The second kappa shape index (κ2) is 7.74. The van der Waals surface area contributed by atoms with Crippen LogP contribution in [-0.4, -0.2) is 63.6 Å². The van der Waals surface area contributed by atoms with Gasteiger partial charge >= 0.3 is 0 Å². The van der Waals surface area contributed by atoms with E-state index in [0.717, 1.165) is 50.4 Å². The third kappa shape index (κ3) is 3.87. The lowest BCUT2D eigenvalue weighted by Crippen LogP contribution is -2.48. The molecule has 1 aromatic carbocycles. The van der Waals surface area contributed by atoms with Crippen molar-refractivity contribution < 1.29 is 4.39 Å². The molecule has 142 valence electrons. The van der Waals surface area contributed by atoms with Crippen molar-refractivity contribution in [3.63, 3.8) is 0 Å². The molecule has 4 rings (SSSR count). The molecule has 0 bridgehead atoms. The van der Waals surface area contributed by atoms with Crippen LogP contribution in [0.4, 0.5) is 4.39 Å². The maximum absolute atomic E-state index is 14.1. The van der Waals surface area contributed by atoms with Crippen LogP contribution in [-0.2, 0) is 6.54 Å². The maximum atomic E-state index is 14.1. The summed E-state index contributed by atoms with van der Waals surface area (Å²) in [5.74, 6) is 0.502. The van der Waals surface area contributed by atoms with Crippen molar-refractivity contribution >= 4 is 10.9 Å². The van der Waals surface area contributed by atoms with E-state index in [1.165, 1.54) is 6.07 Å². The Bertz CT molecular complexity index is 914. The van der Waals surface area contributed by atoms with Gasteiger partial charge in [-0.05, 0) is 32.5 Å². The zero-order valence-corrected chi connectivity index (χ0v) is 16.0. The molecule has 0 spiro atoms. The Morgan fingerprint density at radius 1 is 1.11 bits per heavy atom. The van der Waals surface area contributed by atoms with Gasteiger partial charge in [0.05, 0.1) is 0 Å². The van der Waals surface area contributed by atoms with Crippen LogP contribution in [0, 0.1) is 5.82 Å². The molecule has 1 aliphatic rings. The Balaban J connectivity index is 1.49. The summed E-state index contributed by atoms with van der Waals surface area (Å²) < 4.78 is 16.2. The normalized spacial score (nSPS) is 17.4. The van der Waals surface area contributed by atoms with E-state index < -0.39 is 0 Å². The first kappa shape index (κ1) is 18.1. The molecule has 0 amide bonds. The van der Waals surface area contributed by atoms with Crippen molar-refractivity contribution in [2.24, 2.45) is 0 Å².